The Morgan fingerprint density at radius 2 is 2.20 bits per heavy atom. The largest absolute Gasteiger partial charge is 0.379 e. The average Bonchev–Trinajstić information content (AvgIpc) is 2.72. The van der Waals surface area contributed by atoms with Gasteiger partial charge in [0.05, 0.1) is 15.7 Å². The maximum Gasteiger partial charge on any atom is 0.166 e. The quantitative estimate of drug-likeness (QED) is 0.787. The Kier molecular flexibility index (Phi) is 3.34. The molecule has 0 saturated carbocycles. The number of hydrogen-bond donors (Lipinski definition) is 2. The molecule has 0 bridgehead atoms. The van der Waals surface area contributed by atoms with Crippen LogP contribution in [0, 0.1) is 5.82 Å². The highest BCUT2D eigenvalue weighted by molar-refractivity contribution is 6.42. The normalized spacial score (nSPS) is 20.6. The van der Waals surface area contributed by atoms with Crippen LogP contribution in [0.5, 0.6) is 0 Å². The fourth-order valence-electron chi connectivity index (χ4n) is 1.64. The first-order valence-electron chi connectivity index (χ1n) is 4.79. The monoisotopic (exact) mass is 248 g/mol. The minimum absolute atomic E-state index is 0.0207. The third-order valence-corrected chi connectivity index (χ3v) is 3.24. The van der Waals surface area contributed by atoms with E-state index >= 15 is 0 Å². The maximum atomic E-state index is 13.6. The van der Waals surface area contributed by atoms with E-state index in [-0.39, 0.29) is 16.1 Å². The second-order valence-corrected chi connectivity index (χ2v) is 4.34. The van der Waals surface area contributed by atoms with E-state index < -0.39 is 5.82 Å². The van der Waals surface area contributed by atoms with Gasteiger partial charge in [-0.05, 0) is 25.1 Å². The van der Waals surface area contributed by atoms with Crippen LogP contribution in [0.4, 0.5) is 10.1 Å². The van der Waals surface area contributed by atoms with Gasteiger partial charge in [0.1, 0.15) is 0 Å². The van der Waals surface area contributed by atoms with Crippen LogP contribution in [-0.4, -0.2) is 19.1 Å². The maximum absolute atomic E-state index is 13.6. The fourth-order valence-corrected chi connectivity index (χ4v) is 1.95. The Hall–Kier alpha value is -0.510. The molecule has 1 aromatic rings. The second kappa shape index (κ2) is 4.56. The van der Waals surface area contributed by atoms with Gasteiger partial charge in [-0.3, -0.25) is 0 Å². The number of halogens is 3. The van der Waals surface area contributed by atoms with Gasteiger partial charge in [-0.15, -0.1) is 0 Å². The Morgan fingerprint density at radius 3 is 2.87 bits per heavy atom. The summed E-state index contributed by atoms with van der Waals surface area (Å²) in [5.74, 6) is -0.476. The summed E-state index contributed by atoms with van der Waals surface area (Å²) >= 11 is 11.4. The Morgan fingerprint density at radius 1 is 1.40 bits per heavy atom. The summed E-state index contributed by atoms with van der Waals surface area (Å²) < 4.78 is 13.6. The topological polar surface area (TPSA) is 24.1 Å². The van der Waals surface area contributed by atoms with Crippen LogP contribution < -0.4 is 10.6 Å². The van der Waals surface area contributed by atoms with Crippen molar-refractivity contribution in [3.05, 3.63) is 28.0 Å². The number of hydrogen-bond acceptors (Lipinski definition) is 2. The van der Waals surface area contributed by atoms with Crippen LogP contribution in [0.3, 0.4) is 0 Å². The molecule has 2 rings (SSSR count). The molecule has 1 aliphatic heterocycles. The van der Waals surface area contributed by atoms with Gasteiger partial charge in [0, 0.05) is 12.6 Å². The highest BCUT2D eigenvalue weighted by atomic mass is 35.5. The standard InChI is InChI=1S/C10H11Cl2FN2/c11-7-1-2-8(10(13)9(7)12)15-6-3-4-14-5-6/h1-2,6,14-15H,3-5H2. The molecule has 1 unspecified atom stereocenters. The molecule has 1 heterocycles. The van der Waals surface area contributed by atoms with E-state index in [0.29, 0.717) is 5.69 Å². The average molecular weight is 249 g/mol. The molecule has 1 fully saturated rings. The predicted octanol–water partition coefficient (Wildman–Crippen LogP) is 2.91. The molecule has 1 aliphatic rings. The molecule has 15 heavy (non-hydrogen) atoms. The lowest BCUT2D eigenvalue weighted by Crippen LogP contribution is -2.22. The lowest BCUT2D eigenvalue weighted by molar-refractivity contribution is 0.626. The second-order valence-electron chi connectivity index (χ2n) is 3.56. The molecule has 82 valence electrons. The molecular weight excluding hydrogens is 238 g/mol. The van der Waals surface area contributed by atoms with Crippen molar-refractivity contribution in [3.8, 4) is 0 Å². The molecule has 0 spiro atoms. The van der Waals surface area contributed by atoms with Gasteiger partial charge in [-0.1, -0.05) is 23.2 Å². The third-order valence-electron chi connectivity index (χ3n) is 2.46. The molecule has 0 aliphatic carbocycles. The molecule has 0 aromatic heterocycles. The first-order valence-corrected chi connectivity index (χ1v) is 5.55. The van der Waals surface area contributed by atoms with Gasteiger partial charge in [0.2, 0.25) is 0 Å². The lowest BCUT2D eigenvalue weighted by Gasteiger charge is -2.14. The summed E-state index contributed by atoms with van der Waals surface area (Å²) in [6, 6.07) is 3.47. The van der Waals surface area contributed by atoms with E-state index in [1.54, 1.807) is 12.1 Å². The molecule has 2 N–H and O–H groups in total. The van der Waals surface area contributed by atoms with Crippen molar-refractivity contribution in [2.75, 3.05) is 18.4 Å². The highest BCUT2D eigenvalue weighted by Gasteiger charge is 2.17. The van der Waals surface area contributed by atoms with Gasteiger partial charge in [-0.25, -0.2) is 4.39 Å². The summed E-state index contributed by atoms with van der Waals surface area (Å²) in [7, 11) is 0. The van der Waals surface area contributed by atoms with Crippen LogP contribution in [0.2, 0.25) is 10.0 Å². The minimum Gasteiger partial charge on any atom is -0.379 e. The van der Waals surface area contributed by atoms with Crippen LogP contribution in [0.25, 0.3) is 0 Å². The van der Waals surface area contributed by atoms with Gasteiger partial charge in [-0.2, -0.15) is 0 Å². The Labute approximate surface area is 97.8 Å². The number of benzene rings is 1. The molecule has 2 nitrogen and oxygen atoms in total. The number of nitrogens with one attached hydrogen (secondary N) is 2. The fraction of sp³-hybridized carbons (Fsp3) is 0.400. The van der Waals surface area contributed by atoms with E-state index in [1.165, 1.54) is 0 Å². The van der Waals surface area contributed by atoms with E-state index in [9.17, 15) is 4.39 Å². The van der Waals surface area contributed by atoms with Gasteiger partial charge in [0.25, 0.3) is 0 Å². The number of rotatable bonds is 2. The minimum atomic E-state index is -0.476. The molecule has 0 radical (unpaired) electrons. The summed E-state index contributed by atoms with van der Waals surface area (Å²) in [4.78, 5) is 0. The zero-order valence-electron chi connectivity index (χ0n) is 7.99. The van der Waals surface area contributed by atoms with Crippen LogP contribution in [-0.2, 0) is 0 Å². The highest BCUT2D eigenvalue weighted by Crippen LogP contribution is 2.30. The zero-order chi connectivity index (χ0) is 10.8. The van der Waals surface area contributed by atoms with Crippen molar-refractivity contribution in [3.63, 3.8) is 0 Å². The summed E-state index contributed by atoms with van der Waals surface area (Å²) in [5, 5.41) is 6.51. The molecule has 1 saturated heterocycles. The first-order chi connectivity index (χ1) is 7.18. The van der Waals surface area contributed by atoms with E-state index in [4.69, 9.17) is 23.2 Å². The lowest BCUT2D eigenvalue weighted by atomic mass is 10.2. The third kappa shape index (κ3) is 2.36. The van der Waals surface area contributed by atoms with Crippen molar-refractivity contribution in [1.29, 1.82) is 0 Å². The van der Waals surface area contributed by atoms with Crippen LogP contribution in [0.1, 0.15) is 6.42 Å². The molecular formula is C10H11Cl2FN2. The van der Waals surface area contributed by atoms with Crippen molar-refractivity contribution in [1.82, 2.24) is 5.32 Å². The van der Waals surface area contributed by atoms with Crippen molar-refractivity contribution in [2.24, 2.45) is 0 Å². The SMILES string of the molecule is Fc1c(NC2CCNC2)ccc(Cl)c1Cl. The van der Waals surface area contributed by atoms with Gasteiger partial charge >= 0.3 is 0 Å². The van der Waals surface area contributed by atoms with Gasteiger partial charge in [0.15, 0.2) is 5.82 Å². The van der Waals surface area contributed by atoms with E-state index in [2.05, 4.69) is 10.6 Å². The molecule has 1 aromatic carbocycles. The molecule has 5 heteroatoms. The summed E-state index contributed by atoms with van der Waals surface area (Å²) in [6.07, 6.45) is 0.986. The first kappa shape index (κ1) is 11.0. The Bertz CT molecular complexity index is 365. The molecule has 1 atom stereocenters. The van der Waals surface area contributed by atoms with Crippen molar-refractivity contribution >= 4 is 28.9 Å². The van der Waals surface area contributed by atoms with E-state index in [1.807, 2.05) is 0 Å². The van der Waals surface area contributed by atoms with Crippen molar-refractivity contribution in [2.45, 2.75) is 12.5 Å². The van der Waals surface area contributed by atoms with Gasteiger partial charge < -0.3 is 10.6 Å². The predicted molar refractivity (Wildman–Crippen MR) is 61.3 cm³/mol. The van der Waals surface area contributed by atoms with Crippen molar-refractivity contribution < 1.29 is 4.39 Å². The van der Waals surface area contributed by atoms with Crippen LogP contribution in [0.15, 0.2) is 12.1 Å². The molecule has 0 amide bonds. The smallest absolute Gasteiger partial charge is 0.166 e. The summed E-state index contributed by atoms with van der Waals surface area (Å²) in [6.45, 7) is 1.81. The Balaban J connectivity index is 2.17. The van der Waals surface area contributed by atoms with Crippen LogP contribution >= 0.6 is 23.2 Å². The van der Waals surface area contributed by atoms with E-state index in [0.717, 1.165) is 19.5 Å². The zero-order valence-corrected chi connectivity index (χ0v) is 9.50. The number of anilines is 1. The summed E-state index contributed by atoms with van der Waals surface area (Å²) in [5.41, 5.74) is 0.415.